The van der Waals surface area contributed by atoms with Crippen LogP contribution in [-0.4, -0.2) is 30.4 Å². The van der Waals surface area contributed by atoms with Gasteiger partial charge in [0.2, 0.25) is 11.9 Å². The molecule has 0 aliphatic heterocycles. The summed E-state index contributed by atoms with van der Waals surface area (Å²) in [5.74, 6) is -1.47. The fraction of sp³-hybridized carbons (Fsp3) is 0.400. The van der Waals surface area contributed by atoms with Crippen LogP contribution in [0.25, 0.3) is 0 Å². The minimum Gasteiger partial charge on any atom is -0.472 e. The van der Waals surface area contributed by atoms with Gasteiger partial charge in [-0.15, -0.1) is 0 Å². The third kappa shape index (κ3) is 11.3. The second kappa shape index (κ2) is 18.3. The van der Waals surface area contributed by atoms with Crippen molar-refractivity contribution in [2.45, 2.75) is 84.2 Å². The molecule has 0 aliphatic carbocycles. The lowest BCUT2D eigenvalue weighted by molar-refractivity contribution is -0.120. The first-order chi connectivity index (χ1) is 20.8. The number of ether oxygens (including phenoxy) is 2. The topological polar surface area (TPSA) is 81.7 Å². The van der Waals surface area contributed by atoms with Crippen molar-refractivity contribution in [1.29, 1.82) is 0 Å². The molecule has 43 heavy (non-hydrogen) atoms. The highest BCUT2D eigenvalue weighted by Crippen LogP contribution is 2.26. The molecule has 0 radical (unpaired) electrons. The van der Waals surface area contributed by atoms with Gasteiger partial charge in [-0.05, 0) is 61.4 Å². The minimum absolute atomic E-state index is 0.169. The summed E-state index contributed by atoms with van der Waals surface area (Å²) in [6.07, 6.45) is 10.4. The van der Waals surface area contributed by atoms with E-state index in [1.807, 2.05) is 6.07 Å². The molecule has 1 atom stereocenters. The Balaban J connectivity index is 1.59. The number of rotatable bonds is 18. The lowest BCUT2D eigenvalue weighted by Crippen LogP contribution is -2.40. The maximum absolute atomic E-state index is 13.5. The highest BCUT2D eigenvalue weighted by molar-refractivity contribution is 6.34. The Labute approximate surface area is 265 Å². The summed E-state index contributed by atoms with van der Waals surface area (Å²) in [7, 11) is 0. The van der Waals surface area contributed by atoms with Crippen LogP contribution in [0.15, 0.2) is 66.7 Å². The molecule has 0 spiro atoms. The van der Waals surface area contributed by atoms with Crippen molar-refractivity contribution in [3.63, 3.8) is 0 Å². The van der Waals surface area contributed by atoms with E-state index in [1.54, 1.807) is 55.5 Å². The van der Waals surface area contributed by atoms with Gasteiger partial charge in [-0.25, -0.2) is 4.79 Å². The van der Waals surface area contributed by atoms with Crippen LogP contribution in [0.2, 0.25) is 10.0 Å². The molecule has 0 saturated carbocycles. The first-order valence-electron chi connectivity index (χ1n) is 15.1. The smallest absolute Gasteiger partial charge is 0.338 e. The monoisotopic (exact) mass is 625 g/mol. The van der Waals surface area contributed by atoms with Gasteiger partial charge < -0.3 is 14.8 Å². The van der Waals surface area contributed by atoms with Crippen LogP contribution in [-0.2, 0) is 9.53 Å². The van der Waals surface area contributed by atoms with E-state index in [9.17, 15) is 14.4 Å². The van der Waals surface area contributed by atoms with E-state index in [4.69, 9.17) is 32.7 Å². The number of carbonyl (C=O) groups is 3. The second-order valence-electron chi connectivity index (χ2n) is 10.6. The summed E-state index contributed by atoms with van der Waals surface area (Å²) in [5.41, 5.74) is 1.47. The van der Waals surface area contributed by atoms with Gasteiger partial charge in [-0.1, -0.05) is 112 Å². The molecular weight excluding hydrogens is 585 g/mol. The molecule has 1 amide bonds. The largest absolute Gasteiger partial charge is 0.472 e. The molecular formula is C35H41Cl2NO5. The zero-order chi connectivity index (χ0) is 31.0. The maximum Gasteiger partial charge on any atom is 0.338 e. The first kappa shape index (κ1) is 34.1. The number of unbranched alkanes of at least 4 members (excludes halogenated alkanes) is 9. The number of anilines is 1. The minimum atomic E-state index is -1.52. The molecule has 0 bridgehead atoms. The van der Waals surface area contributed by atoms with Crippen molar-refractivity contribution in [2.24, 2.45) is 0 Å². The predicted octanol–water partition coefficient (Wildman–Crippen LogP) is 9.65. The number of aryl methyl sites for hydroxylation is 1. The number of halogens is 2. The second-order valence-corrected chi connectivity index (χ2v) is 11.5. The van der Waals surface area contributed by atoms with Crippen LogP contribution >= 0.6 is 23.2 Å². The number of benzene rings is 3. The zero-order valence-electron chi connectivity index (χ0n) is 25.0. The van der Waals surface area contributed by atoms with Gasteiger partial charge >= 0.3 is 5.97 Å². The highest BCUT2D eigenvalue weighted by Gasteiger charge is 2.31. The number of hydrogen-bond donors (Lipinski definition) is 1. The van der Waals surface area contributed by atoms with E-state index in [2.05, 4.69) is 12.2 Å². The fourth-order valence-corrected chi connectivity index (χ4v) is 4.94. The van der Waals surface area contributed by atoms with E-state index < -0.39 is 23.8 Å². The van der Waals surface area contributed by atoms with Crippen LogP contribution in [0, 0.1) is 6.92 Å². The van der Waals surface area contributed by atoms with Crippen LogP contribution in [0.1, 0.15) is 97.4 Å². The average molecular weight is 627 g/mol. The third-order valence-corrected chi connectivity index (χ3v) is 7.73. The number of esters is 1. The summed E-state index contributed by atoms with van der Waals surface area (Å²) in [5, 5.41) is 3.36. The van der Waals surface area contributed by atoms with Crippen LogP contribution in [0.3, 0.4) is 0 Å². The quantitative estimate of drug-likeness (QED) is 0.0658. The zero-order valence-corrected chi connectivity index (χ0v) is 26.5. The maximum atomic E-state index is 13.5. The van der Waals surface area contributed by atoms with Gasteiger partial charge in [0, 0.05) is 10.6 Å². The van der Waals surface area contributed by atoms with Crippen LogP contribution in [0.4, 0.5) is 5.69 Å². The van der Waals surface area contributed by atoms with Gasteiger partial charge in [0.05, 0.1) is 22.9 Å². The number of carbonyl (C=O) groups excluding carboxylic acids is 3. The summed E-state index contributed by atoms with van der Waals surface area (Å²) >= 11 is 12.3. The van der Waals surface area contributed by atoms with E-state index in [0.29, 0.717) is 28.5 Å². The summed E-state index contributed by atoms with van der Waals surface area (Å²) < 4.78 is 11.3. The van der Waals surface area contributed by atoms with Crippen molar-refractivity contribution in [1.82, 2.24) is 0 Å². The Morgan fingerprint density at radius 3 is 2.07 bits per heavy atom. The Morgan fingerprint density at radius 2 is 1.42 bits per heavy atom. The summed E-state index contributed by atoms with van der Waals surface area (Å²) in [6.45, 7) is 4.33. The molecule has 1 unspecified atom stereocenters. The number of Topliss-reactive ketones (excluding diaryl/α,β-unsaturated/α-hetero) is 1. The molecule has 8 heteroatoms. The lowest BCUT2D eigenvalue weighted by Gasteiger charge is -2.19. The fourth-order valence-electron chi connectivity index (χ4n) is 4.65. The number of ketones is 1. The van der Waals surface area contributed by atoms with Crippen molar-refractivity contribution >= 4 is 46.5 Å². The van der Waals surface area contributed by atoms with Crippen molar-refractivity contribution in [3.8, 4) is 5.75 Å². The normalized spacial score (nSPS) is 11.5. The Bertz CT molecular complexity index is 1340. The molecule has 6 nitrogen and oxygen atoms in total. The Hall–Kier alpha value is -3.35. The molecule has 0 fully saturated rings. The Kier molecular flexibility index (Phi) is 14.6. The molecule has 0 aromatic heterocycles. The molecule has 230 valence electrons. The van der Waals surface area contributed by atoms with Gasteiger partial charge in [0.25, 0.3) is 5.91 Å². The number of hydrogen-bond acceptors (Lipinski definition) is 5. The summed E-state index contributed by atoms with van der Waals surface area (Å²) in [4.78, 5) is 39.7. The van der Waals surface area contributed by atoms with Gasteiger partial charge in [0.15, 0.2) is 0 Å². The van der Waals surface area contributed by atoms with Crippen LogP contribution in [0.5, 0.6) is 5.75 Å². The van der Waals surface area contributed by atoms with E-state index in [1.165, 1.54) is 57.1 Å². The van der Waals surface area contributed by atoms with E-state index >= 15 is 0 Å². The standard InChI is InChI=1S/C35H41Cl2NO5/c1-3-4-5-6-7-8-9-10-11-14-23-42-35(41)26-17-22-30(37)31(24-26)38-34(40)33(43-28-20-18-27(36)19-21-28)32(39)29-16-13-12-15-25(29)2/h12-13,15-22,24,33H,3-11,14,23H2,1-2H3,(H,38,40). The average Bonchev–Trinajstić information content (AvgIpc) is 3.00. The number of nitrogens with one attached hydrogen (secondary N) is 1. The van der Waals surface area contributed by atoms with Gasteiger partial charge in [-0.2, -0.15) is 0 Å². The van der Waals surface area contributed by atoms with Crippen molar-refractivity contribution in [2.75, 3.05) is 11.9 Å². The first-order valence-corrected chi connectivity index (χ1v) is 15.9. The predicted molar refractivity (Wildman–Crippen MR) is 174 cm³/mol. The van der Waals surface area contributed by atoms with E-state index in [0.717, 1.165) is 19.3 Å². The Morgan fingerprint density at radius 1 is 0.791 bits per heavy atom. The van der Waals surface area contributed by atoms with Gasteiger partial charge in [-0.3, -0.25) is 9.59 Å². The van der Waals surface area contributed by atoms with Crippen LogP contribution < -0.4 is 10.1 Å². The molecule has 3 rings (SSSR count). The van der Waals surface area contributed by atoms with Crippen molar-refractivity contribution in [3.05, 3.63) is 93.5 Å². The highest BCUT2D eigenvalue weighted by atomic mass is 35.5. The third-order valence-electron chi connectivity index (χ3n) is 7.15. The number of amides is 1. The van der Waals surface area contributed by atoms with Crippen molar-refractivity contribution < 1.29 is 23.9 Å². The lowest BCUT2D eigenvalue weighted by atomic mass is 10.0. The molecule has 1 N–H and O–H groups in total. The molecule has 3 aromatic rings. The molecule has 0 aliphatic rings. The molecule has 0 saturated heterocycles. The van der Waals surface area contributed by atoms with Gasteiger partial charge in [0.1, 0.15) is 5.75 Å². The molecule has 0 heterocycles. The summed E-state index contributed by atoms with van der Waals surface area (Å²) in [6, 6.07) is 17.8. The molecule has 3 aromatic carbocycles. The SMILES string of the molecule is CCCCCCCCCCCCOC(=O)c1ccc(Cl)c(NC(=O)C(Oc2ccc(Cl)cc2)C(=O)c2ccccc2C)c1. The van der Waals surface area contributed by atoms with E-state index in [-0.39, 0.29) is 16.3 Å².